The van der Waals surface area contributed by atoms with Gasteiger partial charge in [0.1, 0.15) is 18.4 Å². The van der Waals surface area contributed by atoms with Gasteiger partial charge in [0.2, 0.25) is 5.88 Å². The number of fused-ring (bicyclic) bond motifs is 1. The average molecular weight is 204 g/mol. The van der Waals surface area contributed by atoms with Crippen molar-refractivity contribution in [3.05, 3.63) is 11.8 Å². The minimum absolute atomic E-state index is 0.118. The van der Waals surface area contributed by atoms with Crippen molar-refractivity contribution in [2.45, 2.75) is 19.1 Å². The van der Waals surface area contributed by atoms with Crippen LogP contribution in [0.2, 0.25) is 0 Å². The summed E-state index contributed by atoms with van der Waals surface area (Å²) in [6.07, 6.45) is -2.68. The van der Waals surface area contributed by atoms with Crippen LogP contribution >= 0.6 is 0 Å². The van der Waals surface area contributed by atoms with Gasteiger partial charge in [-0.05, 0) is 0 Å². The molecule has 1 atom stereocenters. The second kappa shape index (κ2) is 3.53. The molecule has 1 aromatic rings. The molecule has 1 aliphatic heterocycles. The van der Waals surface area contributed by atoms with E-state index in [1.165, 1.54) is 10.7 Å². The van der Waals surface area contributed by atoms with E-state index in [1.807, 2.05) is 0 Å². The summed E-state index contributed by atoms with van der Waals surface area (Å²) in [7, 11) is 1.55. The summed E-state index contributed by atoms with van der Waals surface area (Å²) in [5.74, 6) is 0.383. The monoisotopic (exact) mass is 204 g/mol. The Kier molecular flexibility index (Phi) is 2.37. The van der Waals surface area contributed by atoms with Gasteiger partial charge in [0.15, 0.2) is 0 Å². The SMILES string of the molecule is COC1COc2cc(C(F)F)nn2C1. The van der Waals surface area contributed by atoms with Gasteiger partial charge in [-0.25, -0.2) is 13.5 Å². The third-order valence-corrected chi connectivity index (χ3v) is 2.11. The van der Waals surface area contributed by atoms with E-state index in [4.69, 9.17) is 9.47 Å². The van der Waals surface area contributed by atoms with Crippen LogP contribution < -0.4 is 4.74 Å². The molecular formula is C8H10F2N2O2. The summed E-state index contributed by atoms with van der Waals surface area (Å²) >= 11 is 0. The maximum Gasteiger partial charge on any atom is 0.282 e. The number of rotatable bonds is 2. The van der Waals surface area contributed by atoms with Gasteiger partial charge in [0.05, 0.1) is 6.54 Å². The van der Waals surface area contributed by atoms with Crippen LogP contribution in [0.5, 0.6) is 5.88 Å². The fraction of sp³-hybridized carbons (Fsp3) is 0.625. The zero-order chi connectivity index (χ0) is 10.1. The highest BCUT2D eigenvalue weighted by Crippen LogP contribution is 2.25. The predicted molar refractivity (Wildman–Crippen MR) is 43.5 cm³/mol. The summed E-state index contributed by atoms with van der Waals surface area (Å²) in [6.45, 7) is 0.837. The van der Waals surface area contributed by atoms with Gasteiger partial charge in [-0.15, -0.1) is 0 Å². The van der Waals surface area contributed by atoms with E-state index in [1.54, 1.807) is 7.11 Å². The number of halogens is 2. The number of aromatic nitrogens is 2. The van der Waals surface area contributed by atoms with Gasteiger partial charge in [-0.3, -0.25) is 0 Å². The van der Waals surface area contributed by atoms with Gasteiger partial charge < -0.3 is 9.47 Å². The van der Waals surface area contributed by atoms with Crippen LogP contribution in [0.1, 0.15) is 12.1 Å². The fourth-order valence-corrected chi connectivity index (χ4v) is 1.34. The van der Waals surface area contributed by atoms with Crippen LogP contribution in [0.25, 0.3) is 0 Å². The van der Waals surface area contributed by atoms with E-state index >= 15 is 0 Å². The Balaban J connectivity index is 2.21. The standard InChI is InChI=1S/C8H10F2N2O2/c1-13-5-3-12-7(14-4-5)2-6(11-12)8(9)10/h2,5,8H,3-4H2,1H3. The predicted octanol–water partition coefficient (Wildman–Crippen LogP) is 1.23. The highest BCUT2D eigenvalue weighted by Gasteiger charge is 2.23. The number of hydrogen-bond donors (Lipinski definition) is 0. The van der Waals surface area contributed by atoms with Crippen molar-refractivity contribution in [2.75, 3.05) is 13.7 Å². The topological polar surface area (TPSA) is 36.3 Å². The molecule has 1 unspecified atom stereocenters. The molecule has 0 aromatic carbocycles. The van der Waals surface area contributed by atoms with Crippen LogP contribution in [-0.2, 0) is 11.3 Å². The first-order chi connectivity index (χ1) is 6.70. The Labute approximate surface area is 79.4 Å². The number of alkyl halides is 2. The Hall–Kier alpha value is -1.17. The van der Waals surface area contributed by atoms with Gasteiger partial charge in [-0.2, -0.15) is 5.10 Å². The van der Waals surface area contributed by atoms with E-state index in [-0.39, 0.29) is 11.8 Å². The lowest BCUT2D eigenvalue weighted by Gasteiger charge is -2.22. The lowest BCUT2D eigenvalue weighted by atomic mass is 10.3. The minimum atomic E-state index is -2.56. The van der Waals surface area contributed by atoms with Crippen LogP contribution in [0, 0.1) is 0 Å². The molecule has 0 bridgehead atoms. The van der Waals surface area contributed by atoms with Gasteiger partial charge in [-0.1, -0.05) is 0 Å². The van der Waals surface area contributed by atoms with E-state index < -0.39 is 6.43 Å². The molecule has 6 heteroatoms. The lowest BCUT2D eigenvalue weighted by molar-refractivity contribution is 0.0177. The largest absolute Gasteiger partial charge is 0.475 e. The number of ether oxygens (including phenoxy) is 2. The van der Waals surface area contributed by atoms with Crippen molar-refractivity contribution in [2.24, 2.45) is 0 Å². The molecular weight excluding hydrogens is 194 g/mol. The van der Waals surface area contributed by atoms with Gasteiger partial charge in [0.25, 0.3) is 6.43 Å². The van der Waals surface area contributed by atoms with Crippen molar-refractivity contribution < 1.29 is 18.3 Å². The van der Waals surface area contributed by atoms with Crippen molar-refractivity contribution in [1.29, 1.82) is 0 Å². The molecule has 0 aliphatic carbocycles. The van der Waals surface area contributed by atoms with Crippen LogP contribution in [-0.4, -0.2) is 29.6 Å². The van der Waals surface area contributed by atoms with Crippen molar-refractivity contribution in [3.63, 3.8) is 0 Å². The van der Waals surface area contributed by atoms with Crippen LogP contribution in [0.4, 0.5) is 8.78 Å². The molecule has 0 amide bonds. The zero-order valence-corrected chi connectivity index (χ0v) is 7.61. The highest BCUT2D eigenvalue weighted by atomic mass is 19.3. The molecule has 0 radical (unpaired) electrons. The zero-order valence-electron chi connectivity index (χ0n) is 7.61. The first kappa shape index (κ1) is 9.39. The molecule has 1 aromatic heterocycles. The summed E-state index contributed by atoms with van der Waals surface area (Å²) in [5.41, 5.74) is -0.253. The van der Waals surface area contributed by atoms with E-state index in [2.05, 4.69) is 5.10 Å². The maximum atomic E-state index is 12.3. The second-order valence-corrected chi connectivity index (χ2v) is 3.06. The van der Waals surface area contributed by atoms with Crippen LogP contribution in [0.3, 0.4) is 0 Å². The summed E-state index contributed by atoms with van der Waals surface area (Å²) in [6, 6.07) is 1.26. The summed E-state index contributed by atoms with van der Waals surface area (Å²) < 4.78 is 36.2. The van der Waals surface area contributed by atoms with Crippen molar-refractivity contribution in [1.82, 2.24) is 9.78 Å². The quantitative estimate of drug-likeness (QED) is 0.726. The first-order valence-electron chi connectivity index (χ1n) is 4.22. The molecule has 4 nitrogen and oxygen atoms in total. The normalized spacial score (nSPS) is 20.7. The van der Waals surface area contributed by atoms with E-state index in [9.17, 15) is 8.78 Å². The van der Waals surface area contributed by atoms with Crippen molar-refractivity contribution >= 4 is 0 Å². The maximum absolute atomic E-state index is 12.3. The van der Waals surface area contributed by atoms with Gasteiger partial charge >= 0.3 is 0 Å². The molecule has 0 N–H and O–H groups in total. The highest BCUT2D eigenvalue weighted by molar-refractivity contribution is 5.18. The molecule has 0 spiro atoms. The summed E-state index contributed by atoms with van der Waals surface area (Å²) in [4.78, 5) is 0. The lowest BCUT2D eigenvalue weighted by Crippen LogP contribution is -2.31. The second-order valence-electron chi connectivity index (χ2n) is 3.06. The number of methoxy groups -OCH3 is 1. The molecule has 14 heavy (non-hydrogen) atoms. The molecule has 0 fully saturated rings. The molecule has 1 aliphatic rings. The van der Waals surface area contributed by atoms with Crippen LogP contribution in [0.15, 0.2) is 6.07 Å². The fourth-order valence-electron chi connectivity index (χ4n) is 1.34. The molecule has 2 rings (SSSR count). The number of hydrogen-bond acceptors (Lipinski definition) is 3. The Bertz CT molecular complexity index is 327. The third-order valence-electron chi connectivity index (χ3n) is 2.11. The van der Waals surface area contributed by atoms with Crippen molar-refractivity contribution in [3.8, 4) is 5.88 Å². The Morgan fingerprint density at radius 2 is 2.50 bits per heavy atom. The Morgan fingerprint density at radius 3 is 3.14 bits per heavy atom. The molecule has 78 valence electrons. The minimum Gasteiger partial charge on any atom is -0.475 e. The molecule has 0 saturated heterocycles. The van der Waals surface area contributed by atoms with E-state index in [0.29, 0.717) is 19.0 Å². The first-order valence-corrected chi connectivity index (χ1v) is 4.22. The smallest absolute Gasteiger partial charge is 0.282 e. The average Bonchev–Trinajstić information content (AvgIpc) is 2.59. The molecule has 0 saturated carbocycles. The Morgan fingerprint density at radius 1 is 1.71 bits per heavy atom. The van der Waals surface area contributed by atoms with E-state index in [0.717, 1.165) is 0 Å². The molecule has 2 heterocycles. The third kappa shape index (κ3) is 1.57. The van der Waals surface area contributed by atoms with Gasteiger partial charge in [0, 0.05) is 13.2 Å². The number of nitrogens with zero attached hydrogens (tertiary/aromatic N) is 2. The summed E-state index contributed by atoms with van der Waals surface area (Å²) in [5, 5.41) is 3.71.